The third-order valence-corrected chi connectivity index (χ3v) is 5.74. The van der Waals surface area contributed by atoms with Crippen LogP contribution >= 0.6 is 15.9 Å². The molecule has 0 aliphatic heterocycles. The van der Waals surface area contributed by atoms with Crippen LogP contribution in [-0.2, 0) is 20.5 Å². The van der Waals surface area contributed by atoms with Crippen LogP contribution in [0.15, 0.2) is 47.2 Å². The van der Waals surface area contributed by atoms with Gasteiger partial charge in [0.15, 0.2) is 6.20 Å². The van der Waals surface area contributed by atoms with Crippen molar-refractivity contribution in [1.29, 1.82) is 5.26 Å². The predicted molar refractivity (Wildman–Crippen MR) is 127 cm³/mol. The Morgan fingerprint density at radius 1 is 1.29 bits per heavy atom. The molecule has 35 heavy (non-hydrogen) atoms. The summed E-state index contributed by atoms with van der Waals surface area (Å²) < 4.78 is 23.9. The quantitative estimate of drug-likeness (QED) is 0.247. The lowest BCUT2D eigenvalue weighted by atomic mass is 9.96. The Morgan fingerprint density at radius 3 is 2.74 bits per heavy atom. The largest absolute Gasteiger partial charge is 0.478 e. The van der Waals surface area contributed by atoms with Gasteiger partial charge < -0.3 is 14.9 Å². The van der Waals surface area contributed by atoms with E-state index in [4.69, 9.17) is 4.74 Å². The van der Waals surface area contributed by atoms with Gasteiger partial charge in [-0.3, -0.25) is 9.36 Å². The molecule has 1 atom stereocenters. The normalized spacial score (nSPS) is 11.8. The molecule has 0 aliphatic rings. The zero-order valence-corrected chi connectivity index (χ0v) is 20.5. The fourth-order valence-corrected chi connectivity index (χ4v) is 4.09. The molecule has 10 nitrogen and oxygen atoms in total. The van der Waals surface area contributed by atoms with Crippen LogP contribution < -0.4 is 4.74 Å². The molecule has 0 saturated carbocycles. The van der Waals surface area contributed by atoms with Gasteiger partial charge in [-0.2, -0.15) is 15.5 Å². The number of benzene rings is 1. The average Bonchev–Trinajstić information content (AvgIpc) is 3.34. The topological polar surface area (TPSA) is 125 Å². The third kappa shape index (κ3) is 5.04. The molecule has 12 heteroatoms. The van der Waals surface area contributed by atoms with E-state index < -0.39 is 22.7 Å². The summed E-state index contributed by atoms with van der Waals surface area (Å²) in [7, 11) is 3.46. The van der Waals surface area contributed by atoms with Crippen LogP contribution in [0.5, 0.6) is 5.75 Å². The van der Waals surface area contributed by atoms with E-state index in [0.29, 0.717) is 39.1 Å². The molecular formula is C23H19BrFN7O3. The Balaban J connectivity index is 1.74. The lowest BCUT2D eigenvalue weighted by Gasteiger charge is -2.18. The van der Waals surface area contributed by atoms with Crippen molar-refractivity contribution < 1.29 is 14.1 Å². The van der Waals surface area contributed by atoms with Crippen LogP contribution in [-0.4, -0.2) is 29.5 Å². The molecule has 1 aromatic carbocycles. The van der Waals surface area contributed by atoms with Crippen molar-refractivity contribution in [3.63, 3.8) is 0 Å². The molecule has 0 aliphatic carbocycles. The molecule has 0 spiro atoms. The molecule has 0 N–H and O–H groups in total. The second-order valence-corrected chi connectivity index (χ2v) is 8.75. The first kappa shape index (κ1) is 24.0. The summed E-state index contributed by atoms with van der Waals surface area (Å²) >= 11 is 3.24. The van der Waals surface area contributed by atoms with Crippen molar-refractivity contribution in [1.82, 2.24) is 24.5 Å². The van der Waals surface area contributed by atoms with Crippen molar-refractivity contribution in [3.8, 4) is 23.1 Å². The number of pyridine rings is 1. The van der Waals surface area contributed by atoms with Crippen LogP contribution in [0.1, 0.15) is 35.5 Å². The van der Waals surface area contributed by atoms with Gasteiger partial charge in [0, 0.05) is 49.5 Å². The maximum absolute atomic E-state index is 14.3. The highest BCUT2D eigenvalue weighted by atomic mass is 79.9. The van der Waals surface area contributed by atoms with Gasteiger partial charge in [-0.15, -0.1) is 0 Å². The van der Waals surface area contributed by atoms with E-state index in [1.807, 2.05) is 6.20 Å². The number of nitro groups is 1. The van der Waals surface area contributed by atoms with Crippen molar-refractivity contribution in [2.75, 3.05) is 0 Å². The van der Waals surface area contributed by atoms with Crippen LogP contribution in [0.2, 0.25) is 0 Å². The zero-order valence-electron chi connectivity index (χ0n) is 18.9. The van der Waals surface area contributed by atoms with E-state index in [-0.39, 0.29) is 5.75 Å². The van der Waals surface area contributed by atoms with Gasteiger partial charge in [-0.05, 0) is 57.0 Å². The van der Waals surface area contributed by atoms with Crippen LogP contribution in [0.25, 0.3) is 11.3 Å². The second-order valence-electron chi connectivity index (χ2n) is 7.83. The van der Waals surface area contributed by atoms with Crippen LogP contribution in [0, 0.1) is 27.3 Å². The second kappa shape index (κ2) is 9.63. The Bertz CT molecular complexity index is 1470. The summed E-state index contributed by atoms with van der Waals surface area (Å²) in [6.45, 7) is 1.67. The number of halogens is 2. The van der Waals surface area contributed by atoms with E-state index in [1.54, 1.807) is 37.8 Å². The van der Waals surface area contributed by atoms with E-state index in [9.17, 15) is 19.8 Å². The van der Waals surface area contributed by atoms with E-state index in [2.05, 4.69) is 37.2 Å². The first-order valence-corrected chi connectivity index (χ1v) is 11.2. The molecule has 3 aromatic heterocycles. The number of hydrogen-bond acceptors (Lipinski definition) is 7. The first-order chi connectivity index (χ1) is 16.7. The number of hydrogen-bond donors (Lipinski definition) is 0. The van der Waals surface area contributed by atoms with Crippen molar-refractivity contribution >= 4 is 21.7 Å². The number of aromatic nitrogens is 5. The molecule has 0 saturated heterocycles. The summed E-state index contributed by atoms with van der Waals surface area (Å²) in [5, 5.41) is 29.6. The molecule has 0 radical (unpaired) electrons. The smallest absolute Gasteiger partial charge is 0.406 e. The van der Waals surface area contributed by atoms with Crippen molar-refractivity contribution in [3.05, 3.63) is 85.6 Å². The number of nitriles is 1. The standard InChI is InChI=1S/C23H19BrFN7O3/c1-13(35-21-7-15(24)11-27-23(21)32(33)34)20-8-16(25)4-5-19(20)22-14(12-30(2)29-22)6-17-9-18(10-26)31(3)28-17/h4-5,7-9,11-13H,6H2,1-3H3/t13-/m1/s1. The number of nitrogens with zero attached hydrogens (tertiary/aromatic N) is 7. The van der Waals surface area contributed by atoms with Crippen molar-refractivity contribution in [2.24, 2.45) is 14.1 Å². The van der Waals surface area contributed by atoms with Crippen molar-refractivity contribution in [2.45, 2.75) is 19.4 Å². The average molecular weight is 540 g/mol. The first-order valence-electron chi connectivity index (χ1n) is 10.4. The van der Waals surface area contributed by atoms with Gasteiger partial charge in [0.1, 0.15) is 23.7 Å². The molecule has 3 heterocycles. The van der Waals surface area contributed by atoms with Crippen LogP contribution in [0.3, 0.4) is 0 Å². The lowest BCUT2D eigenvalue weighted by Crippen LogP contribution is -2.08. The minimum absolute atomic E-state index is 0.0501. The molecule has 4 aromatic rings. The summed E-state index contributed by atoms with van der Waals surface area (Å²) in [6, 6.07) is 9.48. The molecule has 178 valence electrons. The molecule has 4 rings (SSSR count). The highest BCUT2D eigenvalue weighted by Crippen LogP contribution is 2.36. The molecule has 0 fully saturated rings. The summed E-state index contributed by atoms with van der Waals surface area (Å²) in [4.78, 5) is 14.6. The molecule has 0 bridgehead atoms. The minimum atomic E-state index is -0.773. The van der Waals surface area contributed by atoms with E-state index in [0.717, 1.165) is 5.56 Å². The fourth-order valence-electron chi connectivity index (χ4n) is 3.78. The van der Waals surface area contributed by atoms with Crippen LogP contribution in [0.4, 0.5) is 10.2 Å². The fraction of sp³-hybridized carbons (Fsp3) is 0.217. The Morgan fingerprint density at radius 2 is 2.06 bits per heavy atom. The maximum Gasteiger partial charge on any atom is 0.406 e. The number of aryl methyl sites for hydroxylation is 2. The highest BCUT2D eigenvalue weighted by molar-refractivity contribution is 9.10. The molecule has 0 unspecified atom stereocenters. The SMILES string of the molecule is C[C@@H](Oc1cc(Br)cnc1[N+](=O)[O-])c1cc(F)ccc1-c1nn(C)cc1Cc1cc(C#N)n(C)n1. The van der Waals surface area contributed by atoms with Gasteiger partial charge in [0.2, 0.25) is 5.75 Å². The summed E-state index contributed by atoms with van der Waals surface area (Å²) in [5.74, 6) is -0.979. The molecular weight excluding hydrogens is 521 g/mol. The number of ether oxygens (including phenoxy) is 1. The lowest BCUT2D eigenvalue weighted by molar-refractivity contribution is -0.390. The van der Waals surface area contributed by atoms with E-state index >= 15 is 0 Å². The van der Waals surface area contributed by atoms with Gasteiger partial charge in [0.25, 0.3) is 0 Å². The van der Waals surface area contributed by atoms with Gasteiger partial charge in [-0.25, -0.2) is 4.39 Å². The predicted octanol–water partition coefficient (Wildman–Crippen LogP) is 4.63. The molecule has 0 amide bonds. The van der Waals surface area contributed by atoms with Gasteiger partial charge in [-0.1, -0.05) is 0 Å². The summed E-state index contributed by atoms with van der Waals surface area (Å²) in [6.07, 6.45) is 2.76. The third-order valence-electron chi connectivity index (χ3n) is 5.30. The van der Waals surface area contributed by atoms with Gasteiger partial charge >= 0.3 is 5.82 Å². The van der Waals surface area contributed by atoms with E-state index in [1.165, 1.54) is 29.1 Å². The minimum Gasteiger partial charge on any atom is -0.478 e. The van der Waals surface area contributed by atoms with Gasteiger partial charge in [0.05, 0.1) is 15.9 Å². The number of rotatable bonds is 7. The monoisotopic (exact) mass is 539 g/mol. The Kier molecular flexibility index (Phi) is 6.61. The Labute approximate surface area is 207 Å². The Hall–Kier alpha value is -4.11. The zero-order chi connectivity index (χ0) is 25.3. The highest BCUT2D eigenvalue weighted by Gasteiger charge is 2.24. The summed E-state index contributed by atoms with van der Waals surface area (Å²) in [5.41, 5.74) is 3.57. The maximum atomic E-state index is 14.3.